The van der Waals surface area contributed by atoms with Crippen molar-refractivity contribution in [1.82, 2.24) is 0 Å². The normalized spacial score (nSPS) is 25.9. The molecule has 3 N–H and O–H groups in total. The highest BCUT2D eigenvalue weighted by Gasteiger charge is 2.36. The van der Waals surface area contributed by atoms with E-state index >= 15 is 0 Å². The lowest BCUT2D eigenvalue weighted by atomic mass is 9.82. The SMILES string of the molecule is COc1ccc(F)cc1COC[C@@H]1CCc2cc([C@@H]3CC[C@](N)(CO)C3)ccc2C1. The molecule has 1 fully saturated rings. The van der Waals surface area contributed by atoms with Gasteiger partial charge in [-0.3, -0.25) is 0 Å². The van der Waals surface area contributed by atoms with E-state index in [0.717, 1.165) is 44.1 Å². The van der Waals surface area contributed by atoms with Gasteiger partial charge in [0.25, 0.3) is 0 Å². The molecule has 1 saturated carbocycles. The Morgan fingerprint density at radius 3 is 2.80 bits per heavy atom. The van der Waals surface area contributed by atoms with Gasteiger partial charge in [-0.2, -0.15) is 0 Å². The highest BCUT2D eigenvalue weighted by Crippen LogP contribution is 2.40. The van der Waals surface area contributed by atoms with Crippen molar-refractivity contribution in [3.8, 4) is 5.75 Å². The molecule has 4 rings (SSSR count). The minimum absolute atomic E-state index is 0.0671. The molecule has 0 spiro atoms. The van der Waals surface area contributed by atoms with E-state index in [-0.39, 0.29) is 12.4 Å². The van der Waals surface area contributed by atoms with Crippen LogP contribution in [0.5, 0.6) is 5.75 Å². The van der Waals surface area contributed by atoms with Crippen LogP contribution in [0, 0.1) is 11.7 Å². The van der Waals surface area contributed by atoms with Crippen LogP contribution in [0.3, 0.4) is 0 Å². The van der Waals surface area contributed by atoms with Gasteiger partial charge in [0.05, 0.1) is 26.9 Å². The molecule has 2 aliphatic carbocycles. The van der Waals surface area contributed by atoms with E-state index < -0.39 is 5.54 Å². The molecule has 0 radical (unpaired) electrons. The standard InChI is InChI=1S/C25H32FNO3/c1-29-24-7-6-23(26)12-22(24)15-30-14-17-2-3-19-11-20(5-4-18(19)10-17)21-8-9-25(27,13-21)16-28/h4-7,11-12,17,21,28H,2-3,8-10,13-16,27H2,1H3/t17-,21-,25-/m1/s1. The van der Waals surface area contributed by atoms with Gasteiger partial charge in [0.15, 0.2) is 0 Å². The number of aliphatic hydroxyl groups is 1. The van der Waals surface area contributed by atoms with Gasteiger partial charge in [0.2, 0.25) is 0 Å². The fraction of sp³-hybridized carbons (Fsp3) is 0.520. The second-order valence-corrected chi connectivity index (χ2v) is 9.07. The molecule has 2 aromatic carbocycles. The maximum absolute atomic E-state index is 13.5. The average molecular weight is 414 g/mol. The van der Waals surface area contributed by atoms with Crippen molar-refractivity contribution < 1.29 is 19.0 Å². The molecule has 0 amide bonds. The van der Waals surface area contributed by atoms with E-state index in [4.69, 9.17) is 15.2 Å². The minimum atomic E-state index is -0.409. The predicted molar refractivity (Wildman–Crippen MR) is 115 cm³/mol. The molecule has 0 aromatic heterocycles. The van der Waals surface area contributed by atoms with Gasteiger partial charge in [0, 0.05) is 11.1 Å². The van der Waals surface area contributed by atoms with Crippen LogP contribution in [-0.2, 0) is 24.2 Å². The minimum Gasteiger partial charge on any atom is -0.496 e. The monoisotopic (exact) mass is 413 g/mol. The van der Waals surface area contributed by atoms with Crippen molar-refractivity contribution >= 4 is 0 Å². The van der Waals surface area contributed by atoms with Crippen molar-refractivity contribution in [2.75, 3.05) is 20.3 Å². The number of fused-ring (bicyclic) bond motifs is 1. The van der Waals surface area contributed by atoms with Crippen molar-refractivity contribution in [3.05, 3.63) is 64.5 Å². The van der Waals surface area contributed by atoms with Gasteiger partial charge in [-0.05, 0) is 85.3 Å². The Bertz CT molecular complexity index is 887. The number of nitrogens with two attached hydrogens (primary N) is 1. The largest absolute Gasteiger partial charge is 0.496 e. The maximum Gasteiger partial charge on any atom is 0.124 e. The first-order valence-corrected chi connectivity index (χ1v) is 10.9. The van der Waals surface area contributed by atoms with Gasteiger partial charge in [-0.15, -0.1) is 0 Å². The molecule has 162 valence electrons. The smallest absolute Gasteiger partial charge is 0.124 e. The van der Waals surface area contributed by atoms with Crippen LogP contribution in [0.1, 0.15) is 53.9 Å². The van der Waals surface area contributed by atoms with E-state index in [1.54, 1.807) is 13.2 Å². The summed E-state index contributed by atoms with van der Waals surface area (Å²) in [7, 11) is 1.59. The molecule has 4 nitrogen and oxygen atoms in total. The summed E-state index contributed by atoms with van der Waals surface area (Å²) in [4.78, 5) is 0. The van der Waals surface area contributed by atoms with E-state index in [0.29, 0.717) is 30.8 Å². The van der Waals surface area contributed by atoms with Crippen LogP contribution in [0.4, 0.5) is 4.39 Å². The highest BCUT2D eigenvalue weighted by atomic mass is 19.1. The quantitative estimate of drug-likeness (QED) is 0.717. The Balaban J connectivity index is 1.33. The Morgan fingerprint density at radius 1 is 1.17 bits per heavy atom. The first kappa shape index (κ1) is 21.3. The van der Waals surface area contributed by atoms with Gasteiger partial charge in [0.1, 0.15) is 11.6 Å². The van der Waals surface area contributed by atoms with Crippen LogP contribution in [0.2, 0.25) is 0 Å². The number of aliphatic hydroxyl groups excluding tert-OH is 1. The van der Waals surface area contributed by atoms with E-state index in [1.807, 2.05) is 0 Å². The van der Waals surface area contributed by atoms with Crippen molar-refractivity contribution in [1.29, 1.82) is 0 Å². The van der Waals surface area contributed by atoms with Gasteiger partial charge >= 0.3 is 0 Å². The average Bonchev–Trinajstić information content (AvgIpc) is 3.16. The number of rotatable bonds is 7. The summed E-state index contributed by atoms with van der Waals surface area (Å²) >= 11 is 0. The third-order valence-corrected chi connectivity index (χ3v) is 6.84. The van der Waals surface area contributed by atoms with Gasteiger partial charge in [-0.25, -0.2) is 4.39 Å². The third kappa shape index (κ3) is 4.69. The number of halogens is 1. The van der Waals surface area contributed by atoms with Crippen LogP contribution >= 0.6 is 0 Å². The summed E-state index contributed by atoms with van der Waals surface area (Å²) in [6, 6.07) is 11.4. The number of methoxy groups -OCH3 is 1. The Labute approximate surface area is 178 Å². The van der Waals surface area contributed by atoms with Crippen LogP contribution in [0.25, 0.3) is 0 Å². The summed E-state index contributed by atoms with van der Waals surface area (Å²) in [6.45, 7) is 1.09. The van der Waals surface area contributed by atoms with Crippen molar-refractivity contribution in [3.63, 3.8) is 0 Å². The second kappa shape index (κ2) is 9.04. The molecule has 3 atom stereocenters. The zero-order valence-corrected chi connectivity index (χ0v) is 17.7. The number of ether oxygens (including phenoxy) is 2. The molecule has 0 aliphatic heterocycles. The molecular weight excluding hydrogens is 381 g/mol. The molecule has 0 bridgehead atoms. The molecule has 0 heterocycles. The van der Waals surface area contributed by atoms with E-state index in [2.05, 4.69) is 18.2 Å². The number of benzene rings is 2. The highest BCUT2D eigenvalue weighted by molar-refractivity contribution is 5.37. The topological polar surface area (TPSA) is 64.7 Å². The molecule has 0 unspecified atom stereocenters. The summed E-state index contributed by atoms with van der Waals surface area (Å²) in [5.41, 5.74) is 10.8. The van der Waals surface area contributed by atoms with Crippen LogP contribution in [0.15, 0.2) is 36.4 Å². The molecule has 0 saturated heterocycles. The third-order valence-electron chi connectivity index (χ3n) is 6.84. The first-order chi connectivity index (χ1) is 14.5. The summed E-state index contributed by atoms with van der Waals surface area (Å²) in [5, 5.41) is 9.54. The van der Waals surface area contributed by atoms with Crippen LogP contribution in [-0.4, -0.2) is 31.0 Å². The maximum atomic E-state index is 13.5. The fourth-order valence-corrected chi connectivity index (χ4v) is 5.03. The van der Waals surface area contributed by atoms with E-state index in [9.17, 15) is 9.50 Å². The number of hydrogen-bond donors (Lipinski definition) is 2. The first-order valence-electron chi connectivity index (χ1n) is 10.9. The van der Waals surface area contributed by atoms with E-state index in [1.165, 1.54) is 28.8 Å². The van der Waals surface area contributed by atoms with Crippen LogP contribution < -0.4 is 10.5 Å². The zero-order chi connectivity index (χ0) is 21.1. The van der Waals surface area contributed by atoms with Gasteiger partial charge < -0.3 is 20.3 Å². The Morgan fingerprint density at radius 2 is 2.03 bits per heavy atom. The van der Waals surface area contributed by atoms with Gasteiger partial charge in [-0.1, -0.05) is 18.2 Å². The molecule has 2 aromatic rings. The molecular formula is C25H32FNO3. The fourth-order valence-electron chi connectivity index (χ4n) is 5.03. The zero-order valence-electron chi connectivity index (χ0n) is 17.7. The molecule has 2 aliphatic rings. The molecule has 30 heavy (non-hydrogen) atoms. The second-order valence-electron chi connectivity index (χ2n) is 9.07. The Hall–Kier alpha value is -1.95. The summed E-state index contributed by atoms with van der Waals surface area (Å²) in [5.74, 6) is 1.31. The lowest BCUT2D eigenvalue weighted by Crippen LogP contribution is -2.40. The van der Waals surface area contributed by atoms with Crippen molar-refractivity contribution in [2.45, 2.75) is 56.6 Å². The number of hydrogen-bond acceptors (Lipinski definition) is 4. The van der Waals surface area contributed by atoms with Crippen molar-refractivity contribution in [2.24, 2.45) is 11.7 Å². The lowest BCUT2D eigenvalue weighted by molar-refractivity contribution is 0.0808. The summed E-state index contributed by atoms with van der Waals surface area (Å²) in [6.07, 6.45) is 5.97. The lowest BCUT2D eigenvalue weighted by Gasteiger charge is -2.26. The number of aryl methyl sites for hydroxylation is 1. The molecule has 5 heteroatoms. The predicted octanol–water partition coefficient (Wildman–Crippen LogP) is 4.11. The Kier molecular flexibility index (Phi) is 6.42. The summed E-state index contributed by atoms with van der Waals surface area (Å²) < 4.78 is 24.7.